The van der Waals surface area contributed by atoms with Crippen LogP contribution in [0.25, 0.3) is 0 Å². The number of nitrogens with one attached hydrogen (secondary N) is 2. The minimum Gasteiger partial charge on any atom is -0.324 e. The van der Waals surface area contributed by atoms with Gasteiger partial charge in [0.1, 0.15) is 0 Å². The molecule has 1 aromatic carbocycles. The van der Waals surface area contributed by atoms with Gasteiger partial charge in [0.25, 0.3) is 0 Å². The Kier molecular flexibility index (Phi) is 5.76. The van der Waals surface area contributed by atoms with Gasteiger partial charge >= 0.3 is 0 Å². The molecule has 0 bridgehead atoms. The highest BCUT2D eigenvalue weighted by Crippen LogP contribution is 2.21. The Morgan fingerprint density at radius 1 is 1.43 bits per heavy atom. The highest BCUT2D eigenvalue weighted by atomic mass is 16.2. The number of benzene rings is 1. The lowest BCUT2D eigenvalue weighted by Crippen LogP contribution is -2.44. The van der Waals surface area contributed by atoms with E-state index >= 15 is 0 Å². The SMILES string of the molecule is CCC(C)N(C)CCNC1CCc2ccccc2NC1=O. The molecule has 0 saturated carbocycles. The van der Waals surface area contributed by atoms with E-state index in [1.54, 1.807) is 0 Å². The molecule has 116 valence electrons. The van der Waals surface area contributed by atoms with Crippen molar-refractivity contribution in [2.24, 2.45) is 0 Å². The average molecular weight is 289 g/mol. The van der Waals surface area contributed by atoms with Crippen LogP contribution in [-0.4, -0.2) is 43.0 Å². The van der Waals surface area contributed by atoms with Crippen LogP contribution in [0.2, 0.25) is 0 Å². The molecule has 0 aliphatic carbocycles. The summed E-state index contributed by atoms with van der Waals surface area (Å²) in [6.45, 7) is 6.24. The molecule has 2 rings (SSSR count). The van der Waals surface area contributed by atoms with E-state index in [2.05, 4.69) is 42.5 Å². The summed E-state index contributed by atoms with van der Waals surface area (Å²) in [5, 5.41) is 6.43. The average Bonchev–Trinajstić information content (AvgIpc) is 2.65. The molecule has 1 aromatic rings. The smallest absolute Gasteiger partial charge is 0.241 e. The van der Waals surface area contributed by atoms with Crippen molar-refractivity contribution in [3.63, 3.8) is 0 Å². The number of para-hydroxylation sites is 1. The van der Waals surface area contributed by atoms with E-state index in [0.29, 0.717) is 6.04 Å². The lowest BCUT2D eigenvalue weighted by atomic mass is 10.1. The molecule has 4 heteroatoms. The third kappa shape index (κ3) is 4.29. The molecule has 1 heterocycles. The molecule has 0 aromatic heterocycles. The minimum atomic E-state index is -0.0947. The molecule has 2 N–H and O–H groups in total. The largest absolute Gasteiger partial charge is 0.324 e. The molecule has 2 atom stereocenters. The number of carbonyl (C=O) groups is 1. The summed E-state index contributed by atoms with van der Waals surface area (Å²) in [6.07, 6.45) is 2.94. The monoisotopic (exact) mass is 289 g/mol. The number of hydrogen-bond donors (Lipinski definition) is 2. The zero-order valence-corrected chi connectivity index (χ0v) is 13.4. The minimum absolute atomic E-state index is 0.0890. The zero-order valence-electron chi connectivity index (χ0n) is 13.4. The number of aryl methyl sites for hydroxylation is 1. The Balaban J connectivity index is 1.84. The van der Waals surface area contributed by atoms with Crippen molar-refractivity contribution >= 4 is 11.6 Å². The number of nitrogens with zero attached hydrogens (tertiary/aromatic N) is 1. The molecule has 0 spiro atoms. The van der Waals surface area contributed by atoms with Gasteiger partial charge in [-0.3, -0.25) is 4.79 Å². The van der Waals surface area contributed by atoms with E-state index in [9.17, 15) is 4.79 Å². The Labute approximate surface area is 127 Å². The number of fused-ring (bicyclic) bond motifs is 1. The van der Waals surface area contributed by atoms with Crippen molar-refractivity contribution in [1.82, 2.24) is 10.2 Å². The van der Waals surface area contributed by atoms with Crippen LogP contribution in [-0.2, 0) is 11.2 Å². The van der Waals surface area contributed by atoms with Crippen molar-refractivity contribution in [1.29, 1.82) is 0 Å². The zero-order chi connectivity index (χ0) is 15.2. The van der Waals surface area contributed by atoms with Gasteiger partial charge in [-0.05, 0) is 44.9 Å². The fourth-order valence-electron chi connectivity index (χ4n) is 2.65. The van der Waals surface area contributed by atoms with Gasteiger partial charge in [0.2, 0.25) is 5.91 Å². The fourth-order valence-corrected chi connectivity index (χ4v) is 2.65. The summed E-state index contributed by atoms with van der Waals surface area (Å²) in [4.78, 5) is 14.6. The quantitative estimate of drug-likeness (QED) is 0.844. The summed E-state index contributed by atoms with van der Waals surface area (Å²) in [5.74, 6) is 0.0890. The number of hydrogen-bond acceptors (Lipinski definition) is 3. The predicted octanol–water partition coefficient (Wildman–Crippen LogP) is 2.26. The number of likely N-dealkylation sites (N-methyl/N-ethyl adjacent to an activating group) is 1. The third-order valence-electron chi connectivity index (χ3n) is 4.49. The van der Waals surface area contributed by atoms with Crippen LogP contribution in [0.1, 0.15) is 32.3 Å². The second-order valence-corrected chi connectivity index (χ2v) is 5.93. The first-order valence-corrected chi connectivity index (χ1v) is 7.94. The molecule has 1 aliphatic rings. The number of rotatable bonds is 6. The van der Waals surface area contributed by atoms with Gasteiger partial charge in [-0.2, -0.15) is 0 Å². The molecule has 0 radical (unpaired) electrons. The second-order valence-electron chi connectivity index (χ2n) is 5.93. The molecule has 0 fully saturated rings. The van der Waals surface area contributed by atoms with E-state index in [1.165, 1.54) is 5.56 Å². The maximum atomic E-state index is 12.3. The molecular weight excluding hydrogens is 262 g/mol. The highest BCUT2D eigenvalue weighted by molar-refractivity contribution is 5.96. The molecule has 1 amide bonds. The first-order chi connectivity index (χ1) is 10.1. The van der Waals surface area contributed by atoms with Crippen LogP contribution < -0.4 is 10.6 Å². The van der Waals surface area contributed by atoms with E-state index in [4.69, 9.17) is 0 Å². The van der Waals surface area contributed by atoms with Gasteiger partial charge in [0, 0.05) is 24.8 Å². The standard InChI is InChI=1S/C17H27N3O/c1-4-13(2)20(3)12-11-18-16-10-9-14-7-5-6-8-15(14)19-17(16)21/h5-8,13,16,18H,4,9-12H2,1-3H3,(H,19,21). The predicted molar refractivity (Wildman–Crippen MR) is 87.6 cm³/mol. The maximum Gasteiger partial charge on any atom is 0.241 e. The van der Waals surface area contributed by atoms with Crippen molar-refractivity contribution in [2.75, 3.05) is 25.5 Å². The van der Waals surface area contributed by atoms with E-state index in [1.807, 2.05) is 18.2 Å². The Bertz CT molecular complexity index is 475. The van der Waals surface area contributed by atoms with E-state index in [0.717, 1.165) is 38.0 Å². The van der Waals surface area contributed by atoms with Crippen LogP contribution in [0.4, 0.5) is 5.69 Å². The summed E-state index contributed by atoms with van der Waals surface area (Å²) in [7, 11) is 2.14. The van der Waals surface area contributed by atoms with Gasteiger partial charge in [-0.1, -0.05) is 25.1 Å². The van der Waals surface area contributed by atoms with Gasteiger partial charge in [0.05, 0.1) is 6.04 Å². The summed E-state index contributed by atoms with van der Waals surface area (Å²) >= 11 is 0. The van der Waals surface area contributed by atoms with Gasteiger partial charge < -0.3 is 15.5 Å². The maximum absolute atomic E-state index is 12.3. The van der Waals surface area contributed by atoms with E-state index in [-0.39, 0.29) is 11.9 Å². The van der Waals surface area contributed by atoms with Crippen LogP contribution in [0.15, 0.2) is 24.3 Å². The first kappa shape index (κ1) is 16.0. The number of carbonyl (C=O) groups excluding carboxylic acids is 1. The van der Waals surface area contributed by atoms with Crippen LogP contribution in [0.3, 0.4) is 0 Å². The van der Waals surface area contributed by atoms with E-state index < -0.39 is 0 Å². The Morgan fingerprint density at radius 3 is 2.95 bits per heavy atom. The molecule has 4 nitrogen and oxygen atoms in total. The number of amides is 1. The topological polar surface area (TPSA) is 44.4 Å². The summed E-state index contributed by atoms with van der Waals surface area (Å²) < 4.78 is 0. The molecule has 0 saturated heterocycles. The van der Waals surface area contributed by atoms with Crippen LogP contribution >= 0.6 is 0 Å². The lowest BCUT2D eigenvalue weighted by Gasteiger charge is -2.24. The molecule has 21 heavy (non-hydrogen) atoms. The number of anilines is 1. The molecular formula is C17H27N3O. The highest BCUT2D eigenvalue weighted by Gasteiger charge is 2.22. The van der Waals surface area contributed by atoms with Crippen molar-refractivity contribution < 1.29 is 4.79 Å². The third-order valence-corrected chi connectivity index (χ3v) is 4.49. The van der Waals surface area contributed by atoms with Crippen LogP contribution in [0.5, 0.6) is 0 Å². The molecule has 1 aliphatic heterocycles. The van der Waals surface area contributed by atoms with Crippen LogP contribution in [0, 0.1) is 0 Å². The van der Waals surface area contributed by atoms with Gasteiger partial charge in [-0.15, -0.1) is 0 Å². The normalized spacial score (nSPS) is 19.8. The lowest BCUT2D eigenvalue weighted by molar-refractivity contribution is -0.118. The van der Waals surface area contributed by atoms with Crippen molar-refractivity contribution in [3.05, 3.63) is 29.8 Å². The van der Waals surface area contributed by atoms with Crippen molar-refractivity contribution in [2.45, 2.75) is 45.2 Å². The van der Waals surface area contributed by atoms with Crippen molar-refractivity contribution in [3.8, 4) is 0 Å². The fraction of sp³-hybridized carbons (Fsp3) is 0.588. The van der Waals surface area contributed by atoms with Gasteiger partial charge in [0.15, 0.2) is 0 Å². The molecule has 2 unspecified atom stereocenters. The Hall–Kier alpha value is -1.39. The summed E-state index contributed by atoms with van der Waals surface area (Å²) in [5.41, 5.74) is 2.19. The first-order valence-electron chi connectivity index (χ1n) is 7.94. The van der Waals surface area contributed by atoms with Gasteiger partial charge in [-0.25, -0.2) is 0 Å². The Morgan fingerprint density at radius 2 is 2.19 bits per heavy atom. The summed E-state index contributed by atoms with van der Waals surface area (Å²) in [6, 6.07) is 8.55. The second kappa shape index (κ2) is 7.57.